The van der Waals surface area contributed by atoms with Gasteiger partial charge in [-0.25, -0.2) is 10.4 Å². The lowest BCUT2D eigenvalue weighted by Crippen LogP contribution is -2.20. The summed E-state index contributed by atoms with van der Waals surface area (Å²) in [4.78, 5) is 17.0. The lowest BCUT2D eigenvalue weighted by atomic mass is 10.2. The second kappa shape index (κ2) is 7.99. The van der Waals surface area contributed by atoms with Crippen LogP contribution in [-0.4, -0.2) is 42.8 Å². The zero-order valence-electron chi connectivity index (χ0n) is 16.4. The molecule has 0 radical (unpaired) electrons. The molecule has 0 unspecified atom stereocenters. The van der Waals surface area contributed by atoms with Crippen LogP contribution in [0.2, 0.25) is 0 Å². The molecule has 0 saturated carbocycles. The molecule has 0 saturated heterocycles. The van der Waals surface area contributed by atoms with E-state index in [0.717, 1.165) is 11.2 Å². The molecule has 0 aliphatic heterocycles. The molecule has 8 nitrogen and oxygen atoms in total. The maximum atomic E-state index is 12.6. The van der Waals surface area contributed by atoms with Crippen molar-refractivity contribution in [2.24, 2.45) is 5.10 Å². The number of ether oxygens (including phenoxy) is 3. The Morgan fingerprint density at radius 3 is 2.39 bits per heavy atom. The molecule has 2 heterocycles. The predicted molar refractivity (Wildman–Crippen MR) is 106 cm³/mol. The van der Waals surface area contributed by atoms with Gasteiger partial charge in [0.15, 0.2) is 11.5 Å². The number of methoxy groups -OCH3 is 3. The number of hydrogen-bond acceptors (Lipinski definition) is 6. The number of imidazole rings is 1. The molecule has 0 atom stereocenters. The maximum Gasteiger partial charge on any atom is 0.290 e. The van der Waals surface area contributed by atoms with E-state index in [0.29, 0.717) is 34.2 Å². The number of hydrogen-bond donors (Lipinski definition) is 1. The smallest absolute Gasteiger partial charge is 0.290 e. The number of carbonyl (C=O) groups excluding carboxylic acids is 1. The van der Waals surface area contributed by atoms with Crippen molar-refractivity contribution in [1.82, 2.24) is 14.8 Å². The Morgan fingerprint density at radius 2 is 1.79 bits per heavy atom. The largest absolute Gasteiger partial charge is 0.493 e. The molecule has 0 aliphatic carbocycles. The second-order valence-electron chi connectivity index (χ2n) is 6.14. The van der Waals surface area contributed by atoms with Crippen LogP contribution in [0.15, 0.2) is 35.6 Å². The summed E-state index contributed by atoms with van der Waals surface area (Å²) in [6.45, 7) is 3.77. The zero-order valence-corrected chi connectivity index (χ0v) is 16.4. The van der Waals surface area contributed by atoms with Gasteiger partial charge in [0.05, 0.1) is 33.2 Å². The fraction of sp³-hybridized carbons (Fsp3) is 0.250. The quantitative estimate of drug-likeness (QED) is 0.523. The van der Waals surface area contributed by atoms with Gasteiger partial charge in [-0.3, -0.25) is 9.20 Å². The van der Waals surface area contributed by atoms with E-state index < -0.39 is 0 Å². The van der Waals surface area contributed by atoms with Gasteiger partial charge in [0.2, 0.25) is 5.75 Å². The fourth-order valence-electron chi connectivity index (χ4n) is 2.93. The molecule has 3 rings (SSSR count). The number of hydrazone groups is 1. The average molecular weight is 382 g/mol. The van der Waals surface area contributed by atoms with Gasteiger partial charge in [-0.15, -0.1) is 0 Å². The maximum absolute atomic E-state index is 12.6. The van der Waals surface area contributed by atoms with Crippen LogP contribution in [0.5, 0.6) is 17.2 Å². The zero-order chi connectivity index (χ0) is 20.3. The summed E-state index contributed by atoms with van der Waals surface area (Å²) in [5.74, 6) is 1.14. The molecule has 0 bridgehead atoms. The minimum Gasteiger partial charge on any atom is -0.493 e. The van der Waals surface area contributed by atoms with E-state index in [9.17, 15) is 4.79 Å². The summed E-state index contributed by atoms with van der Waals surface area (Å²) in [7, 11) is 4.61. The number of carbonyl (C=O) groups is 1. The first-order chi connectivity index (χ1) is 13.5. The standard InChI is InChI=1S/C20H22N4O4/c1-12-6-7-24-17(8-12)22-13(2)18(24)20(25)23-21-11-14-9-15(26-3)19(28-5)16(10-14)27-4/h6-11H,1-5H3,(H,23,25)/b21-11-. The van der Waals surface area contributed by atoms with Gasteiger partial charge in [-0.1, -0.05) is 0 Å². The normalized spacial score (nSPS) is 11.0. The lowest BCUT2D eigenvalue weighted by molar-refractivity contribution is 0.0948. The first-order valence-electron chi connectivity index (χ1n) is 8.57. The highest BCUT2D eigenvalue weighted by atomic mass is 16.5. The summed E-state index contributed by atoms with van der Waals surface area (Å²) in [5.41, 5.74) is 6.09. The monoisotopic (exact) mass is 382 g/mol. The van der Waals surface area contributed by atoms with Crippen LogP contribution < -0.4 is 19.6 Å². The molecule has 3 aromatic rings. The SMILES string of the molecule is COc1cc(/C=N\NC(=O)c2c(C)nc3cc(C)ccn23)cc(OC)c1OC. The van der Waals surface area contributed by atoms with Crippen LogP contribution in [0.1, 0.15) is 27.3 Å². The van der Waals surface area contributed by atoms with E-state index >= 15 is 0 Å². The van der Waals surface area contributed by atoms with E-state index in [1.807, 2.05) is 25.3 Å². The molecule has 1 aromatic carbocycles. The molecule has 0 spiro atoms. The summed E-state index contributed by atoms with van der Waals surface area (Å²) in [6.07, 6.45) is 3.33. The summed E-state index contributed by atoms with van der Waals surface area (Å²) < 4.78 is 17.7. The fourth-order valence-corrected chi connectivity index (χ4v) is 2.93. The Kier molecular flexibility index (Phi) is 5.49. The number of nitrogens with zero attached hydrogens (tertiary/aromatic N) is 3. The van der Waals surface area contributed by atoms with Gasteiger partial charge < -0.3 is 14.2 Å². The molecule has 28 heavy (non-hydrogen) atoms. The molecular formula is C20H22N4O4. The third-order valence-electron chi connectivity index (χ3n) is 4.24. The highest BCUT2D eigenvalue weighted by molar-refractivity contribution is 5.95. The lowest BCUT2D eigenvalue weighted by Gasteiger charge is -2.12. The van der Waals surface area contributed by atoms with Gasteiger partial charge in [0, 0.05) is 11.8 Å². The van der Waals surface area contributed by atoms with Crippen molar-refractivity contribution in [3.05, 3.63) is 53.0 Å². The Labute approximate surface area is 162 Å². The average Bonchev–Trinajstić information content (AvgIpc) is 3.01. The summed E-state index contributed by atoms with van der Waals surface area (Å²) >= 11 is 0. The number of amides is 1. The number of pyridine rings is 1. The number of nitrogens with one attached hydrogen (secondary N) is 1. The van der Waals surface area contributed by atoms with Gasteiger partial charge in [0.25, 0.3) is 5.91 Å². The van der Waals surface area contributed by atoms with Crippen molar-refractivity contribution in [3.8, 4) is 17.2 Å². The van der Waals surface area contributed by atoms with Crippen LogP contribution in [-0.2, 0) is 0 Å². The van der Waals surface area contributed by atoms with Gasteiger partial charge in [-0.2, -0.15) is 5.10 Å². The van der Waals surface area contributed by atoms with Gasteiger partial charge in [-0.05, 0) is 43.7 Å². The van der Waals surface area contributed by atoms with E-state index in [-0.39, 0.29) is 5.91 Å². The van der Waals surface area contributed by atoms with E-state index in [1.54, 1.807) is 23.5 Å². The summed E-state index contributed by atoms with van der Waals surface area (Å²) in [5, 5.41) is 4.05. The highest BCUT2D eigenvalue weighted by Gasteiger charge is 2.16. The predicted octanol–water partition coefficient (Wildman–Crippen LogP) is 2.74. The number of aromatic nitrogens is 2. The molecule has 1 N–H and O–H groups in total. The first-order valence-corrected chi connectivity index (χ1v) is 8.57. The molecule has 1 amide bonds. The molecule has 8 heteroatoms. The van der Waals surface area contributed by atoms with Crippen LogP contribution in [0.4, 0.5) is 0 Å². The van der Waals surface area contributed by atoms with Crippen LogP contribution in [0.25, 0.3) is 5.65 Å². The molecule has 0 aliphatic rings. The van der Waals surface area contributed by atoms with Crippen molar-refractivity contribution in [1.29, 1.82) is 0 Å². The minimum absolute atomic E-state index is 0.349. The number of fused-ring (bicyclic) bond motifs is 1. The molecule has 146 valence electrons. The van der Waals surface area contributed by atoms with Crippen molar-refractivity contribution in [3.63, 3.8) is 0 Å². The van der Waals surface area contributed by atoms with E-state index in [1.165, 1.54) is 27.5 Å². The van der Waals surface area contributed by atoms with Crippen molar-refractivity contribution >= 4 is 17.8 Å². The Morgan fingerprint density at radius 1 is 1.11 bits per heavy atom. The van der Waals surface area contributed by atoms with Crippen molar-refractivity contribution in [2.45, 2.75) is 13.8 Å². The van der Waals surface area contributed by atoms with E-state index in [4.69, 9.17) is 14.2 Å². The Balaban J connectivity index is 1.84. The second-order valence-corrected chi connectivity index (χ2v) is 6.14. The van der Waals surface area contributed by atoms with Crippen molar-refractivity contribution in [2.75, 3.05) is 21.3 Å². The Hall–Kier alpha value is -3.55. The topological polar surface area (TPSA) is 86.5 Å². The van der Waals surface area contributed by atoms with Crippen LogP contribution in [0.3, 0.4) is 0 Å². The van der Waals surface area contributed by atoms with Crippen LogP contribution >= 0.6 is 0 Å². The van der Waals surface area contributed by atoms with Gasteiger partial charge in [0.1, 0.15) is 11.3 Å². The Bertz CT molecular complexity index is 1030. The number of rotatable bonds is 6. The number of benzene rings is 1. The third kappa shape index (κ3) is 3.62. The molecular weight excluding hydrogens is 360 g/mol. The third-order valence-corrected chi connectivity index (χ3v) is 4.24. The highest BCUT2D eigenvalue weighted by Crippen LogP contribution is 2.37. The molecule has 0 fully saturated rings. The van der Waals surface area contributed by atoms with Crippen LogP contribution in [0, 0.1) is 13.8 Å². The first kappa shape index (κ1) is 19.2. The van der Waals surface area contributed by atoms with Gasteiger partial charge >= 0.3 is 0 Å². The summed E-state index contributed by atoms with van der Waals surface area (Å²) in [6, 6.07) is 7.31. The number of aryl methyl sites for hydroxylation is 2. The van der Waals surface area contributed by atoms with Crippen molar-refractivity contribution < 1.29 is 19.0 Å². The van der Waals surface area contributed by atoms with E-state index in [2.05, 4.69) is 15.5 Å². The minimum atomic E-state index is -0.349. The molecule has 2 aromatic heterocycles.